The van der Waals surface area contributed by atoms with Crippen molar-refractivity contribution < 1.29 is 14.1 Å². The van der Waals surface area contributed by atoms with E-state index in [4.69, 9.17) is 0 Å². The average Bonchev–Trinajstić information content (AvgIpc) is 3.10. The minimum atomic E-state index is -0.529. The smallest absolute Gasteiger partial charge is 0.271 e. The minimum absolute atomic E-state index is 0.105. The van der Waals surface area contributed by atoms with Crippen molar-refractivity contribution in [3.05, 3.63) is 64.5 Å². The number of hydrogen-bond donors (Lipinski definition) is 2. The Morgan fingerprint density at radius 2 is 2.04 bits per heavy atom. The molecule has 3 aromatic rings. The van der Waals surface area contributed by atoms with E-state index >= 15 is 0 Å². The van der Waals surface area contributed by atoms with Gasteiger partial charge in [0.05, 0.1) is 15.9 Å². The second-order valence-electron chi connectivity index (χ2n) is 5.53. The molecule has 0 spiro atoms. The second kappa shape index (κ2) is 8.76. The van der Waals surface area contributed by atoms with Gasteiger partial charge in [0.25, 0.3) is 5.69 Å². The van der Waals surface area contributed by atoms with Crippen LogP contribution in [0.1, 0.15) is 6.92 Å². The van der Waals surface area contributed by atoms with Crippen LogP contribution in [0, 0.1) is 15.9 Å². The molecule has 1 heterocycles. The minimum Gasteiger partial charge on any atom is -0.328 e. The molecule has 3 rings (SSSR count). The highest BCUT2D eigenvalue weighted by molar-refractivity contribution is 8.02. The summed E-state index contributed by atoms with van der Waals surface area (Å²) >= 11 is 2.37. The zero-order valence-corrected chi connectivity index (χ0v) is 16.1. The van der Waals surface area contributed by atoms with Gasteiger partial charge in [-0.05, 0) is 25.1 Å². The first-order valence-electron chi connectivity index (χ1n) is 7.99. The second-order valence-corrected chi connectivity index (χ2v) is 8.10. The largest absolute Gasteiger partial charge is 0.328 e. The molecule has 2 aromatic carbocycles. The third kappa shape index (κ3) is 5.02. The Morgan fingerprint density at radius 3 is 2.79 bits per heavy atom. The summed E-state index contributed by atoms with van der Waals surface area (Å²) in [5, 5.41) is 24.1. The van der Waals surface area contributed by atoms with Crippen molar-refractivity contribution in [3.63, 3.8) is 0 Å². The van der Waals surface area contributed by atoms with Crippen LogP contribution in [0.2, 0.25) is 0 Å². The first-order chi connectivity index (χ1) is 13.4. The molecule has 0 aliphatic heterocycles. The van der Waals surface area contributed by atoms with Crippen molar-refractivity contribution >= 4 is 51.2 Å². The van der Waals surface area contributed by atoms with Crippen LogP contribution in [0.4, 0.5) is 26.6 Å². The lowest BCUT2D eigenvalue weighted by molar-refractivity contribution is -0.384. The summed E-state index contributed by atoms with van der Waals surface area (Å²) in [5.41, 5.74) is 0.517. The lowest BCUT2D eigenvalue weighted by atomic mass is 10.2. The number of halogens is 1. The predicted octanol–water partition coefficient (Wildman–Crippen LogP) is 4.45. The molecule has 28 heavy (non-hydrogen) atoms. The van der Waals surface area contributed by atoms with Crippen LogP contribution in [0.15, 0.2) is 52.9 Å². The van der Waals surface area contributed by atoms with Crippen LogP contribution in [-0.2, 0) is 4.79 Å². The quantitative estimate of drug-likeness (QED) is 0.331. The van der Waals surface area contributed by atoms with Crippen molar-refractivity contribution in [2.45, 2.75) is 16.5 Å². The van der Waals surface area contributed by atoms with Crippen LogP contribution in [-0.4, -0.2) is 26.3 Å². The molecule has 0 bridgehead atoms. The Kier molecular flexibility index (Phi) is 6.16. The number of nitrogens with one attached hydrogen (secondary N) is 2. The summed E-state index contributed by atoms with van der Waals surface area (Å²) in [5.74, 6) is -0.735. The number of hydrogen-bond acceptors (Lipinski definition) is 8. The summed E-state index contributed by atoms with van der Waals surface area (Å²) < 4.78 is 14.2. The highest BCUT2D eigenvalue weighted by Gasteiger charge is 2.18. The lowest BCUT2D eigenvalue weighted by Crippen LogP contribution is -2.22. The molecule has 8 nitrogen and oxygen atoms in total. The van der Waals surface area contributed by atoms with Crippen LogP contribution in [0.25, 0.3) is 0 Å². The van der Waals surface area contributed by atoms with Gasteiger partial charge >= 0.3 is 0 Å². The number of anilines is 3. The van der Waals surface area contributed by atoms with E-state index in [-0.39, 0.29) is 17.3 Å². The molecule has 11 heteroatoms. The molecule has 1 atom stereocenters. The standard InChI is InChI=1S/C17H14FN5O3S2/c1-10(15(24)19-11-5-4-6-12(9-11)23(25)26)27-17-22-21-16(28-17)20-14-8-3-2-7-13(14)18/h2-10H,1H3,(H,19,24)(H,20,21). The fourth-order valence-corrected chi connectivity index (χ4v) is 4.04. The summed E-state index contributed by atoms with van der Waals surface area (Å²) in [7, 11) is 0. The highest BCUT2D eigenvalue weighted by atomic mass is 32.2. The number of aromatic nitrogens is 2. The SMILES string of the molecule is CC(Sc1nnc(Nc2ccccc2F)s1)C(=O)Nc1cccc([N+](=O)[O-])c1. The van der Waals surface area contributed by atoms with Gasteiger partial charge in [-0.2, -0.15) is 0 Å². The molecule has 2 N–H and O–H groups in total. The third-order valence-electron chi connectivity index (χ3n) is 3.49. The Morgan fingerprint density at radius 1 is 1.25 bits per heavy atom. The number of amides is 1. The van der Waals surface area contributed by atoms with Gasteiger partial charge in [-0.1, -0.05) is 41.3 Å². The van der Waals surface area contributed by atoms with Crippen molar-refractivity contribution in [1.82, 2.24) is 10.2 Å². The fraction of sp³-hybridized carbons (Fsp3) is 0.118. The normalized spacial score (nSPS) is 11.6. The molecule has 0 aliphatic rings. The Balaban J connectivity index is 1.60. The average molecular weight is 419 g/mol. The summed E-state index contributed by atoms with van der Waals surface area (Å²) in [6.45, 7) is 1.68. The number of nitro groups is 1. The summed E-state index contributed by atoms with van der Waals surface area (Å²) in [6.07, 6.45) is 0. The molecule has 144 valence electrons. The number of nitro benzene ring substituents is 1. The van der Waals surface area contributed by atoms with E-state index < -0.39 is 16.0 Å². The molecule has 0 fully saturated rings. The molecular weight excluding hydrogens is 405 g/mol. The molecule has 1 aromatic heterocycles. The van der Waals surface area contributed by atoms with Crippen LogP contribution >= 0.6 is 23.1 Å². The fourth-order valence-electron chi connectivity index (χ4n) is 2.13. The monoisotopic (exact) mass is 419 g/mol. The lowest BCUT2D eigenvalue weighted by Gasteiger charge is -2.10. The van der Waals surface area contributed by atoms with E-state index in [1.165, 1.54) is 47.4 Å². The third-order valence-corrected chi connectivity index (χ3v) is 5.52. The molecule has 0 saturated heterocycles. The van der Waals surface area contributed by atoms with Crippen molar-refractivity contribution in [2.75, 3.05) is 10.6 Å². The van der Waals surface area contributed by atoms with Crippen LogP contribution in [0.3, 0.4) is 0 Å². The molecule has 0 saturated carbocycles. The number of nitrogens with zero attached hydrogens (tertiary/aromatic N) is 3. The van der Waals surface area contributed by atoms with Gasteiger partial charge in [-0.15, -0.1) is 10.2 Å². The zero-order valence-electron chi connectivity index (χ0n) is 14.5. The number of thioether (sulfide) groups is 1. The van der Waals surface area contributed by atoms with Gasteiger partial charge in [-0.3, -0.25) is 14.9 Å². The first-order valence-corrected chi connectivity index (χ1v) is 9.69. The van der Waals surface area contributed by atoms with Gasteiger partial charge in [0.2, 0.25) is 11.0 Å². The maximum atomic E-state index is 13.7. The van der Waals surface area contributed by atoms with E-state index in [1.807, 2.05) is 0 Å². The number of rotatable bonds is 7. The number of carbonyl (C=O) groups excluding carboxylic acids is 1. The van der Waals surface area contributed by atoms with Crippen molar-refractivity contribution in [3.8, 4) is 0 Å². The zero-order chi connectivity index (χ0) is 20.1. The van der Waals surface area contributed by atoms with Gasteiger partial charge in [0.1, 0.15) is 5.82 Å². The van der Waals surface area contributed by atoms with Crippen molar-refractivity contribution in [1.29, 1.82) is 0 Å². The van der Waals surface area contributed by atoms with E-state index in [0.717, 1.165) is 0 Å². The first kappa shape index (κ1) is 19.7. The van der Waals surface area contributed by atoms with E-state index in [1.54, 1.807) is 31.2 Å². The summed E-state index contributed by atoms with van der Waals surface area (Å²) in [4.78, 5) is 22.6. The number of carbonyl (C=O) groups is 1. The van der Waals surface area contributed by atoms with E-state index in [0.29, 0.717) is 15.2 Å². The molecule has 1 amide bonds. The molecule has 0 aliphatic carbocycles. The molecule has 0 radical (unpaired) electrons. The number of para-hydroxylation sites is 1. The molecular formula is C17H14FN5O3S2. The topological polar surface area (TPSA) is 110 Å². The van der Waals surface area contributed by atoms with Gasteiger partial charge in [0, 0.05) is 17.8 Å². The van der Waals surface area contributed by atoms with Crippen LogP contribution < -0.4 is 10.6 Å². The maximum absolute atomic E-state index is 13.7. The van der Waals surface area contributed by atoms with Gasteiger partial charge in [-0.25, -0.2) is 4.39 Å². The van der Waals surface area contributed by atoms with Gasteiger partial charge in [0.15, 0.2) is 4.34 Å². The Bertz CT molecular complexity index is 1010. The number of benzene rings is 2. The Hall–Kier alpha value is -3.05. The van der Waals surface area contributed by atoms with E-state index in [2.05, 4.69) is 20.8 Å². The highest BCUT2D eigenvalue weighted by Crippen LogP contribution is 2.31. The maximum Gasteiger partial charge on any atom is 0.271 e. The number of non-ortho nitro benzene ring substituents is 1. The van der Waals surface area contributed by atoms with E-state index in [9.17, 15) is 19.3 Å². The predicted molar refractivity (Wildman–Crippen MR) is 107 cm³/mol. The van der Waals surface area contributed by atoms with Crippen molar-refractivity contribution in [2.24, 2.45) is 0 Å². The molecule has 1 unspecified atom stereocenters. The van der Waals surface area contributed by atoms with Crippen LogP contribution in [0.5, 0.6) is 0 Å². The Labute approximate surface area is 167 Å². The van der Waals surface area contributed by atoms with Gasteiger partial charge < -0.3 is 10.6 Å². The summed E-state index contributed by atoms with van der Waals surface area (Å²) in [6, 6.07) is 11.9.